The molecule has 0 saturated carbocycles. The third-order valence-electron chi connectivity index (χ3n) is 7.61. The molecule has 0 aromatic heterocycles. The maximum absolute atomic E-state index is 11.7. The fourth-order valence-corrected chi connectivity index (χ4v) is 5.36. The van der Waals surface area contributed by atoms with Gasteiger partial charge in [0.1, 0.15) is 30.7 Å². The van der Waals surface area contributed by atoms with Gasteiger partial charge < -0.3 is 23.7 Å². The van der Waals surface area contributed by atoms with Crippen LogP contribution in [0, 0.1) is 0 Å². The van der Waals surface area contributed by atoms with Crippen LogP contribution in [0.4, 0.5) is 0 Å². The van der Waals surface area contributed by atoms with Gasteiger partial charge in [0.25, 0.3) is 0 Å². The average Bonchev–Trinajstić information content (AvgIpc) is 3.08. The van der Waals surface area contributed by atoms with Crippen LogP contribution in [0.15, 0.2) is 133 Å². The van der Waals surface area contributed by atoms with Crippen LogP contribution in [0.3, 0.4) is 0 Å². The molecule has 228 valence electrons. The van der Waals surface area contributed by atoms with Crippen molar-refractivity contribution in [2.24, 2.45) is 0 Å². The van der Waals surface area contributed by atoms with Crippen molar-refractivity contribution in [1.29, 1.82) is 0 Å². The lowest BCUT2D eigenvalue weighted by atomic mass is 9.91. The monoisotopic (exact) mass is 592 g/mol. The summed E-state index contributed by atoms with van der Waals surface area (Å²) >= 11 is 0. The molecule has 0 radical (unpaired) electrons. The molecule has 1 aliphatic rings. The standard InChI is InChI=1S/C38H40O6/c1-29(23-39)22-34-36(41-25-31-16-8-3-9-17-31)38(43-27-33-20-12-5-13-21-33)37(42-26-32-18-10-4-11-19-32)35(44-34)28-40-24-30-14-6-2-7-15-30/h2-21,23,34-38H,1,22,24-28H2/t34-,35-,36-,37-,38-/m1/s1. The molecule has 0 aliphatic carbocycles. The van der Waals surface area contributed by atoms with Crippen LogP contribution in [-0.4, -0.2) is 43.4 Å². The van der Waals surface area contributed by atoms with Gasteiger partial charge >= 0.3 is 0 Å². The van der Waals surface area contributed by atoms with Crippen molar-refractivity contribution in [3.63, 3.8) is 0 Å². The normalized spacial score (nSPS) is 21.5. The fraction of sp³-hybridized carbons (Fsp3) is 0.289. The molecule has 6 heteroatoms. The fourth-order valence-electron chi connectivity index (χ4n) is 5.36. The Morgan fingerprint density at radius 1 is 0.568 bits per heavy atom. The molecular weight excluding hydrogens is 552 g/mol. The van der Waals surface area contributed by atoms with Gasteiger partial charge in [-0.25, -0.2) is 0 Å². The molecule has 0 spiro atoms. The summed E-state index contributed by atoms with van der Waals surface area (Å²) in [6.07, 6.45) is -1.49. The average molecular weight is 593 g/mol. The van der Waals surface area contributed by atoms with Crippen LogP contribution in [0.1, 0.15) is 28.7 Å². The van der Waals surface area contributed by atoms with Gasteiger partial charge in [-0.1, -0.05) is 128 Å². The largest absolute Gasteiger partial charge is 0.374 e. The Bertz CT molecular complexity index is 1400. The molecule has 1 aliphatic heterocycles. The van der Waals surface area contributed by atoms with Gasteiger partial charge in [-0.15, -0.1) is 0 Å². The first kappa shape index (κ1) is 31.5. The molecule has 0 bridgehead atoms. The van der Waals surface area contributed by atoms with Gasteiger partial charge in [-0.2, -0.15) is 0 Å². The van der Waals surface area contributed by atoms with E-state index in [-0.39, 0.29) is 6.61 Å². The molecule has 6 nitrogen and oxygen atoms in total. The highest BCUT2D eigenvalue weighted by Gasteiger charge is 2.48. The summed E-state index contributed by atoms with van der Waals surface area (Å²) in [7, 11) is 0. The second-order valence-corrected chi connectivity index (χ2v) is 11.0. The van der Waals surface area contributed by atoms with Crippen molar-refractivity contribution in [2.75, 3.05) is 6.61 Å². The lowest BCUT2D eigenvalue weighted by Crippen LogP contribution is -2.61. The molecule has 5 rings (SSSR count). The van der Waals surface area contributed by atoms with Crippen LogP contribution in [0.5, 0.6) is 0 Å². The van der Waals surface area contributed by atoms with Crippen molar-refractivity contribution in [2.45, 2.75) is 63.4 Å². The van der Waals surface area contributed by atoms with Crippen LogP contribution in [0.25, 0.3) is 0 Å². The number of carbonyl (C=O) groups is 1. The number of ether oxygens (including phenoxy) is 5. The van der Waals surface area contributed by atoms with E-state index in [2.05, 4.69) is 6.58 Å². The maximum atomic E-state index is 11.7. The summed E-state index contributed by atoms with van der Waals surface area (Å²) in [5.41, 5.74) is 4.59. The van der Waals surface area contributed by atoms with E-state index < -0.39 is 30.5 Å². The van der Waals surface area contributed by atoms with Gasteiger partial charge in [-0.3, -0.25) is 4.79 Å². The lowest BCUT2D eigenvalue weighted by molar-refractivity contribution is -0.272. The third kappa shape index (κ3) is 9.29. The summed E-state index contributed by atoms with van der Waals surface area (Å²) in [5.74, 6) is 0. The molecule has 1 saturated heterocycles. The Morgan fingerprint density at radius 2 is 0.955 bits per heavy atom. The van der Waals surface area contributed by atoms with Crippen LogP contribution >= 0.6 is 0 Å². The Labute approximate surface area is 260 Å². The maximum Gasteiger partial charge on any atom is 0.145 e. The van der Waals surface area contributed by atoms with Crippen LogP contribution in [-0.2, 0) is 54.9 Å². The highest BCUT2D eigenvalue weighted by Crippen LogP contribution is 2.33. The number of rotatable bonds is 16. The van der Waals surface area contributed by atoms with Gasteiger partial charge in [0.15, 0.2) is 0 Å². The Hall–Kier alpha value is -3.91. The predicted octanol–water partition coefficient (Wildman–Crippen LogP) is 6.87. The molecule has 0 N–H and O–H groups in total. The van der Waals surface area contributed by atoms with E-state index in [1.54, 1.807) is 0 Å². The first-order valence-corrected chi connectivity index (χ1v) is 15.1. The number of aldehydes is 1. The van der Waals surface area contributed by atoms with E-state index in [0.717, 1.165) is 28.5 Å². The van der Waals surface area contributed by atoms with Gasteiger partial charge in [0.2, 0.25) is 0 Å². The van der Waals surface area contributed by atoms with E-state index in [4.69, 9.17) is 23.7 Å². The molecule has 0 amide bonds. The minimum absolute atomic E-state index is 0.273. The molecule has 0 unspecified atom stereocenters. The van der Waals surface area contributed by atoms with Crippen molar-refractivity contribution in [1.82, 2.24) is 0 Å². The molecule has 5 atom stereocenters. The highest BCUT2D eigenvalue weighted by molar-refractivity contribution is 5.72. The summed E-state index contributed by atoms with van der Waals surface area (Å²) in [5, 5.41) is 0. The van der Waals surface area contributed by atoms with Crippen molar-refractivity contribution in [3.05, 3.63) is 156 Å². The molecule has 4 aromatic rings. The van der Waals surface area contributed by atoms with E-state index in [1.165, 1.54) is 0 Å². The summed E-state index contributed by atoms with van der Waals surface area (Å²) in [6, 6.07) is 40.1. The molecule has 44 heavy (non-hydrogen) atoms. The SMILES string of the molecule is C=C(C=O)C[C@H]1O[C@H](COCc2ccccc2)[C@@H](OCc2ccccc2)[C@H](OCc2ccccc2)[C@@H]1OCc1ccccc1. The smallest absolute Gasteiger partial charge is 0.145 e. The zero-order valence-corrected chi connectivity index (χ0v) is 24.9. The summed E-state index contributed by atoms with van der Waals surface area (Å²) in [6.45, 7) is 5.74. The number of hydrogen-bond donors (Lipinski definition) is 0. The van der Waals surface area contributed by atoms with Crippen LogP contribution < -0.4 is 0 Å². The van der Waals surface area contributed by atoms with Crippen molar-refractivity contribution < 1.29 is 28.5 Å². The quantitative estimate of drug-likeness (QED) is 0.105. The highest BCUT2D eigenvalue weighted by atomic mass is 16.6. The number of hydrogen-bond acceptors (Lipinski definition) is 6. The second-order valence-electron chi connectivity index (χ2n) is 11.0. The van der Waals surface area contributed by atoms with Crippen molar-refractivity contribution in [3.8, 4) is 0 Å². The van der Waals surface area contributed by atoms with Crippen LogP contribution in [0.2, 0.25) is 0 Å². The Morgan fingerprint density at radius 3 is 1.39 bits per heavy atom. The second kappa shape index (κ2) is 16.8. The van der Waals surface area contributed by atoms with Gasteiger partial charge in [0.05, 0.1) is 39.1 Å². The van der Waals surface area contributed by atoms with E-state index in [1.807, 2.05) is 121 Å². The predicted molar refractivity (Wildman–Crippen MR) is 170 cm³/mol. The molecular formula is C38H40O6. The van der Waals surface area contributed by atoms with E-state index >= 15 is 0 Å². The Kier molecular flexibility index (Phi) is 12.0. The minimum Gasteiger partial charge on any atom is -0.374 e. The first-order valence-electron chi connectivity index (χ1n) is 15.1. The minimum atomic E-state index is -0.540. The number of carbonyl (C=O) groups excluding carboxylic acids is 1. The topological polar surface area (TPSA) is 63.2 Å². The first-order chi connectivity index (χ1) is 21.7. The van der Waals surface area contributed by atoms with Crippen molar-refractivity contribution >= 4 is 6.29 Å². The van der Waals surface area contributed by atoms with E-state index in [9.17, 15) is 4.79 Å². The van der Waals surface area contributed by atoms with E-state index in [0.29, 0.717) is 38.4 Å². The molecule has 1 heterocycles. The number of benzene rings is 4. The zero-order chi connectivity index (χ0) is 30.4. The van der Waals surface area contributed by atoms with Gasteiger partial charge in [0, 0.05) is 6.42 Å². The van der Waals surface area contributed by atoms with Gasteiger partial charge in [-0.05, 0) is 27.8 Å². The summed E-state index contributed by atoms with van der Waals surface area (Å²) < 4.78 is 32.9. The third-order valence-corrected chi connectivity index (χ3v) is 7.61. The zero-order valence-electron chi connectivity index (χ0n) is 24.9. The lowest BCUT2D eigenvalue weighted by Gasteiger charge is -2.46. The molecule has 1 fully saturated rings. The summed E-state index contributed by atoms with van der Waals surface area (Å²) in [4.78, 5) is 11.7. The molecule has 4 aromatic carbocycles. The Balaban J connectivity index is 1.44.